The molecule has 1 aromatic carbocycles. The predicted molar refractivity (Wildman–Crippen MR) is 131 cm³/mol. The number of aromatic nitrogens is 3. The number of nitrogens with one attached hydrogen (secondary N) is 2. The van der Waals surface area contributed by atoms with Gasteiger partial charge in [0.25, 0.3) is 5.56 Å². The second-order valence-electron chi connectivity index (χ2n) is 8.85. The fraction of sp³-hybridized carbons (Fsp3) is 0.440. The van der Waals surface area contributed by atoms with Gasteiger partial charge in [0.15, 0.2) is 11.5 Å². The minimum absolute atomic E-state index is 0.0854. The summed E-state index contributed by atoms with van der Waals surface area (Å²) in [5.74, 6) is 0.449. The quantitative estimate of drug-likeness (QED) is 0.604. The van der Waals surface area contributed by atoms with Gasteiger partial charge in [0.05, 0.1) is 6.54 Å². The van der Waals surface area contributed by atoms with Crippen molar-refractivity contribution in [2.75, 3.05) is 18.0 Å². The molecule has 3 heterocycles. The van der Waals surface area contributed by atoms with Gasteiger partial charge < -0.3 is 15.5 Å². The molecule has 0 unspecified atom stereocenters. The zero-order valence-corrected chi connectivity index (χ0v) is 19.5. The van der Waals surface area contributed by atoms with Crippen LogP contribution in [0.5, 0.6) is 0 Å². The van der Waals surface area contributed by atoms with Crippen LogP contribution in [0.25, 0.3) is 11.2 Å². The highest BCUT2D eigenvalue weighted by Crippen LogP contribution is 2.19. The lowest BCUT2D eigenvalue weighted by atomic mass is 10.1. The molecule has 8 nitrogen and oxygen atoms in total. The topological polar surface area (TPSA) is 92.2 Å². The van der Waals surface area contributed by atoms with Crippen LogP contribution in [-0.4, -0.2) is 45.7 Å². The summed E-state index contributed by atoms with van der Waals surface area (Å²) in [6.45, 7) is 7.84. The van der Waals surface area contributed by atoms with Crippen LogP contribution in [0.3, 0.4) is 0 Å². The van der Waals surface area contributed by atoms with Crippen LogP contribution in [-0.2, 0) is 6.54 Å². The third-order valence-corrected chi connectivity index (χ3v) is 6.27. The van der Waals surface area contributed by atoms with Gasteiger partial charge in [-0.3, -0.25) is 9.36 Å². The number of rotatable bonds is 6. The number of carbonyl (C=O) groups is 1. The molecule has 2 amide bonds. The van der Waals surface area contributed by atoms with E-state index in [2.05, 4.69) is 20.6 Å². The average molecular weight is 449 g/mol. The van der Waals surface area contributed by atoms with Gasteiger partial charge in [-0.1, -0.05) is 36.8 Å². The minimum Gasteiger partial charge on any atom is -0.352 e. The second kappa shape index (κ2) is 10.0. The molecule has 33 heavy (non-hydrogen) atoms. The molecule has 174 valence electrons. The maximum atomic E-state index is 13.5. The number of carbonyl (C=O) groups excluding carboxylic acids is 1. The summed E-state index contributed by atoms with van der Waals surface area (Å²) in [6, 6.07) is 12.0. The lowest BCUT2D eigenvalue weighted by Crippen LogP contribution is -2.50. The summed E-state index contributed by atoms with van der Waals surface area (Å²) in [6.07, 6.45) is 4.11. The molecule has 0 bridgehead atoms. The standard InChI is InChI=1S/C25H32N6O2/c1-4-18(3)27-25(33)28-20-11-14-30(15-12-20)23-24(32)31(16-19-9-7-17(2)8-10-19)22-21(29-23)6-5-13-26-22/h5-10,13,18,20H,4,11-12,14-16H2,1-3H3,(H2,27,28,33)/t18-/m1/s1. The van der Waals surface area contributed by atoms with Gasteiger partial charge in [-0.05, 0) is 50.8 Å². The smallest absolute Gasteiger partial charge is 0.315 e. The average Bonchev–Trinajstić information content (AvgIpc) is 2.82. The molecule has 4 rings (SSSR count). The van der Waals surface area contributed by atoms with E-state index in [0.717, 1.165) is 24.8 Å². The van der Waals surface area contributed by atoms with Gasteiger partial charge in [0, 0.05) is 31.4 Å². The van der Waals surface area contributed by atoms with Crippen LogP contribution in [0.1, 0.15) is 44.2 Å². The number of hydrogen-bond acceptors (Lipinski definition) is 5. The Morgan fingerprint density at radius 2 is 1.91 bits per heavy atom. The number of pyridine rings is 1. The Bertz CT molecular complexity index is 1170. The summed E-state index contributed by atoms with van der Waals surface area (Å²) in [4.78, 5) is 36.8. The van der Waals surface area contributed by atoms with Crippen molar-refractivity contribution in [3.05, 3.63) is 64.1 Å². The number of aryl methyl sites for hydroxylation is 1. The van der Waals surface area contributed by atoms with Crippen molar-refractivity contribution in [1.82, 2.24) is 25.2 Å². The van der Waals surface area contributed by atoms with Gasteiger partial charge in [0.2, 0.25) is 0 Å². The number of urea groups is 1. The maximum Gasteiger partial charge on any atom is 0.315 e. The normalized spacial score (nSPS) is 15.4. The van der Waals surface area contributed by atoms with Crippen molar-refractivity contribution in [2.45, 2.75) is 58.7 Å². The molecule has 1 saturated heterocycles. The summed E-state index contributed by atoms with van der Waals surface area (Å²) in [5, 5.41) is 6.01. The van der Waals surface area contributed by atoms with E-state index in [1.54, 1.807) is 10.8 Å². The Morgan fingerprint density at radius 1 is 1.18 bits per heavy atom. The van der Waals surface area contributed by atoms with E-state index in [4.69, 9.17) is 0 Å². The molecule has 1 fully saturated rings. The summed E-state index contributed by atoms with van der Waals surface area (Å²) >= 11 is 0. The van der Waals surface area contributed by atoms with E-state index in [9.17, 15) is 9.59 Å². The van der Waals surface area contributed by atoms with Crippen LogP contribution in [0.15, 0.2) is 47.4 Å². The first-order chi connectivity index (χ1) is 15.9. The fourth-order valence-electron chi connectivity index (χ4n) is 4.08. The summed E-state index contributed by atoms with van der Waals surface area (Å²) in [7, 11) is 0. The molecule has 3 aromatic rings. The van der Waals surface area contributed by atoms with Crippen molar-refractivity contribution in [1.29, 1.82) is 0 Å². The Hall–Kier alpha value is -3.42. The molecule has 2 aromatic heterocycles. The van der Waals surface area contributed by atoms with E-state index >= 15 is 0 Å². The highest BCUT2D eigenvalue weighted by atomic mass is 16.2. The molecule has 0 spiro atoms. The van der Waals surface area contributed by atoms with Crippen LogP contribution >= 0.6 is 0 Å². The largest absolute Gasteiger partial charge is 0.352 e. The van der Waals surface area contributed by atoms with Crippen molar-refractivity contribution in [3.63, 3.8) is 0 Å². The first-order valence-electron chi connectivity index (χ1n) is 11.7. The van der Waals surface area contributed by atoms with Crippen LogP contribution in [0, 0.1) is 6.92 Å². The zero-order valence-electron chi connectivity index (χ0n) is 19.5. The maximum absolute atomic E-state index is 13.5. The molecule has 1 aliphatic rings. The van der Waals surface area contributed by atoms with Crippen molar-refractivity contribution < 1.29 is 4.79 Å². The lowest BCUT2D eigenvalue weighted by molar-refractivity contribution is 0.231. The van der Waals surface area contributed by atoms with Crippen LogP contribution in [0.4, 0.5) is 10.6 Å². The van der Waals surface area contributed by atoms with Crippen molar-refractivity contribution >= 4 is 23.0 Å². The molecule has 0 saturated carbocycles. The SMILES string of the molecule is CC[C@@H](C)NC(=O)NC1CCN(c2nc3cccnc3n(Cc3ccc(C)cc3)c2=O)CC1. The highest BCUT2D eigenvalue weighted by molar-refractivity contribution is 5.74. The molecule has 0 radical (unpaired) electrons. The van der Waals surface area contributed by atoms with Gasteiger partial charge in [-0.25, -0.2) is 14.8 Å². The third-order valence-electron chi connectivity index (χ3n) is 6.27. The molecule has 2 N–H and O–H groups in total. The van der Waals surface area contributed by atoms with Crippen LogP contribution in [0.2, 0.25) is 0 Å². The summed E-state index contributed by atoms with van der Waals surface area (Å²) < 4.78 is 1.71. The van der Waals surface area contributed by atoms with E-state index in [1.807, 2.05) is 62.1 Å². The molecule has 0 aliphatic carbocycles. The number of benzene rings is 1. The molecule has 1 aliphatic heterocycles. The number of fused-ring (bicyclic) bond motifs is 1. The van der Waals surface area contributed by atoms with E-state index in [1.165, 1.54) is 5.56 Å². The van der Waals surface area contributed by atoms with E-state index in [0.29, 0.717) is 36.6 Å². The number of hydrogen-bond donors (Lipinski definition) is 2. The monoisotopic (exact) mass is 448 g/mol. The zero-order chi connectivity index (χ0) is 23.4. The van der Waals surface area contributed by atoms with Crippen LogP contribution < -0.4 is 21.1 Å². The minimum atomic E-state index is -0.136. The number of anilines is 1. The Morgan fingerprint density at radius 3 is 2.61 bits per heavy atom. The van der Waals surface area contributed by atoms with Gasteiger partial charge in [-0.2, -0.15) is 0 Å². The third kappa shape index (κ3) is 5.32. The van der Waals surface area contributed by atoms with Gasteiger partial charge in [0.1, 0.15) is 5.52 Å². The number of amides is 2. The molecule has 8 heteroatoms. The molecule has 1 atom stereocenters. The van der Waals surface area contributed by atoms with E-state index < -0.39 is 0 Å². The van der Waals surface area contributed by atoms with E-state index in [-0.39, 0.29) is 23.7 Å². The number of piperidine rings is 1. The van der Waals surface area contributed by atoms with Gasteiger partial charge >= 0.3 is 6.03 Å². The predicted octanol–water partition coefficient (Wildman–Crippen LogP) is 3.21. The number of nitrogens with zero attached hydrogens (tertiary/aromatic N) is 4. The second-order valence-corrected chi connectivity index (χ2v) is 8.85. The molecular formula is C25H32N6O2. The van der Waals surface area contributed by atoms with Crippen molar-refractivity contribution in [3.8, 4) is 0 Å². The first-order valence-corrected chi connectivity index (χ1v) is 11.7. The fourth-order valence-corrected chi connectivity index (χ4v) is 4.08. The van der Waals surface area contributed by atoms with Gasteiger partial charge in [-0.15, -0.1) is 0 Å². The van der Waals surface area contributed by atoms with Crippen molar-refractivity contribution in [2.24, 2.45) is 0 Å². The first kappa shape index (κ1) is 22.8. The molecular weight excluding hydrogens is 416 g/mol. The lowest BCUT2D eigenvalue weighted by Gasteiger charge is -2.33. The Kier molecular flexibility index (Phi) is 6.91. The Labute approximate surface area is 194 Å². The summed E-state index contributed by atoms with van der Waals surface area (Å²) in [5.41, 5.74) is 3.38. The Balaban J connectivity index is 1.54. The highest BCUT2D eigenvalue weighted by Gasteiger charge is 2.25.